The van der Waals surface area contributed by atoms with Gasteiger partial charge < -0.3 is 19.6 Å². The molecule has 2 aromatic rings. The number of anilines is 1. The molecule has 144 valence electrons. The maximum atomic E-state index is 12.5. The van der Waals surface area contributed by atoms with Gasteiger partial charge in [0.2, 0.25) is 0 Å². The summed E-state index contributed by atoms with van der Waals surface area (Å²) in [7, 11) is 0. The molecule has 4 aliphatic rings. The van der Waals surface area contributed by atoms with Crippen LogP contribution in [0.3, 0.4) is 0 Å². The van der Waals surface area contributed by atoms with Gasteiger partial charge in [-0.15, -0.1) is 0 Å². The highest BCUT2D eigenvalue weighted by Crippen LogP contribution is 2.46. The molecule has 2 bridgehead atoms. The number of benzene rings is 2. The number of fused-ring (bicyclic) bond motifs is 2. The van der Waals surface area contributed by atoms with E-state index in [-0.39, 0.29) is 18.1 Å². The lowest BCUT2D eigenvalue weighted by Gasteiger charge is -2.49. The average molecular weight is 415 g/mol. The van der Waals surface area contributed by atoms with E-state index in [0.717, 1.165) is 11.3 Å². The number of ether oxygens (including phenoxy) is 1. The first-order valence-electron chi connectivity index (χ1n) is 9.32. The first-order chi connectivity index (χ1) is 13.5. The fourth-order valence-corrected chi connectivity index (χ4v) is 5.26. The van der Waals surface area contributed by atoms with Crippen LogP contribution >= 0.6 is 23.8 Å². The number of esters is 1. The number of nitrogens with zero attached hydrogens (tertiary/aromatic N) is 2. The predicted octanol–water partition coefficient (Wildman–Crippen LogP) is 2.99. The summed E-state index contributed by atoms with van der Waals surface area (Å²) in [6.45, 7) is 0.596. The van der Waals surface area contributed by atoms with E-state index >= 15 is 0 Å². The second-order valence-electron chi connectivity index (χ2n) is 7.53. The smallest absolute Gasteiger partial charge is 0.311 e. The molecule has 1 aliphatic carbocycles. The van der Waals surface area contributed by atoms with Crippen molar-refractivity contribution in [1.29, 1.82) is 0 Å². The lowest BCUT2D eigenvalue weighted by Crippen LogP contribution is -2.66. The van der Waals surface area contributed by atoms with Gasteiger partial charge in [0.1, 0.15) is 6.10 Å². The summed E-state index contributed by atoms with van der Waals surface area (Å²) in [5.41, 5.74) is 2.01. The summed E-state index contributed by atoms with van der Waals surface area (Å²) < 4.78 is 5.59. The van der Waals surface area contributed by atoms with Crippen LogP contribution in [-0.2, 0) is 16.1 Å². The molecular weight excluding hydrogens is 396 g/mol. The number of hydrogen-bond donors (Lipinski definition) is 1. The van der Waals surface area contributed by atoms with Crippen molar-refractivity contribution in [2.24, 2.45) is 5.92 Å². The van der Waals surface area contributed by atoms with Crippen molar-refractivity contribution < 1.29 is 14.6 Å². The molecule has 4 fully saturated rings. The molecular formula is C21H19ClN2O3S. The van der Waals surface area contributed by atoms with Crippen molar-refractivity contribution in [1.82, 2.24) is 4.90 Å². The summed E-state index contributed by atoms with van der Waals surface area (Å²) in [4.78, 5) is 16.6. The topological polar surface area (TPSA) is 53.0 Å². The van der Waals surface area contributed by atoms with E-state index in [1.165, 1.54) is 0 Å². The van der Waals surface area contributed by atoms with Gasteiger partial charge in [-0.25, -0.2) is 0 Å². The Morgan fingerprint density at radius 3 is 2.54 bits per heavy atom. The van der Waals surface area contributed by atoms with Crippen molar-refractivity contribution in [2.45, 2.75) is 37.3 Å². The monoisotopic (exact) mass is 414 g/mol. The van der Waals surface area contributed by atoms with Crippen LogP contribution in [0.25, 0.3) is 0 Å². The fraction of sp³-hybridized carbons (Fsp3) is 0.333. The van der Waals surface area contributed by atoms with Crippen molar-refractivity contribution >= 4 is 40.6 Å². The van der Waals surface area contributed by atoms with Gasteiger partial charge in [-0.3, -0.25) is 4.79 Å². The van der Waals surface area contributed by atoms with Crippen LogP contribution in [0.1, 0.15) is 12.0 Å². The number of thiocarbonyl (C=S) groups is 1. The van der Waals surface area contributed by atoms with Gasteiger partial charge in [-0.05, 0) is 48.5 Å². The number of halogens is 1. The van der Waals surface area contributed by atoms with Gasteiger partial charge >= 0.3 is 5.97 Å². The zero-order chi connectivity index (χ0) is 19.4. The summed E-state index contributed by atoms with van der Waals surface area (Å²) in [5.74, 6) is -0.667. The summed E-state index contributed by atoms with van der Waals surface area (Å²) >= 11 is 11.9. The molecule has 5 atom stereocenters. The molecule has 3 heterocycles. The molecule has 0 radical (unpaired) electrons. The highest BCUT2D eigenvalue weighted by molar-refractivity contribution is 7.80. The predicted molar refractivity (Wildman–Crippen MR) is 110 cm³/mol. The Labute approximate surface area is 173 Å². The molecule has 7 heteroatoms. The first kappa shape index (κ1) is 17.9. The Balaban J connectivity index is 1.58. The Kier molecular flexibility index (Phi) is 4.30. The van der Waals surface area contributed by atoms with Gasteiger partial charge in [-0.2, -0.15) is 0 Å². The minimum Gasteiger partial charge on any atom is -0.457 e. The third-order valence-electron chi connectivity index (χ3n) is 5.94. The molecule has 2 aromatic carbocycles. The quantitative estimate of drug-likeness (QED) is 0.615. The summed E-state index contributed by atoms with van der Waals surface area (Å²) in [6, 6.07) is 17.2. The summed E-state index contributed by atoms with van der Waals surface area (Å²) in [5, 5.41) is 11.8. The molecule has 0 aromatic heterocycles. The first-order valence-corrected chi connectivity index (χ1v) is 10.1. The molecule has 28 heavy (non-hydrogen) atoms. The number of rotatable bonds is 3. The lowest BCUT2D eigenvalue weighted by molar-refractivity contribution is -0.194. The molecule has 1 N–H and O–H groups in total. The lowest BCUT2D eigenvalue weighted by atomic mass is 9.74. The SMILES string of the molecule is O=C1O[C@@H]2[C@H]3[C@@H]([C@H]1C[C@H]2O)N(c1ccc(Cl)cc1)C(=S)N3Cc1ccccc1. The van der Waals surface area contributed by atoms with Crippen LogP contribution < -0.4 is 4.90 Å². The molecule has 1 saturated carbocycles. The van der Waals surface area contributed by atoms with Crippen molar-refractivity contribution in [2.75, 3.05) is 4.90 Å². The van der Waals surface area contributed by atoms with E-state index in [4.69, 9.17) is 28.6 Å². The van der Waals surface area contributed by atoms with Crippen LogP contribution in [-0.4, -0.2) is 45.4 Å². The normalized spacial score (nSPS) is 31.1. The average Bonchev–Trinajstić information content (AvgIpc) is 2.98. The van der Waals surface area contributed by atoms with E-state index in [1.807, 2.05) is 59.5 Å². The highest BCUT2D eigenvalue weighted by Gasteiger charge is 2.62. The molecule has 0 unspecified atom stereocenters. The summed E-state index contributed by atoms with van der Waals surface area (Å²) in [6.07, 6.45) is -0.854. The van der Waals surface area contributed by atoms with Gasteiger partial charge in [0.25, 0.3) is 0 Å². The van der Waals surface area contributed by atoms with E-state index in [1.54, 1.807) is 0 Å². The third-order valence-corrected chi connectivity index (χ3v) is 6.62. The molecule has 0 spiro atoms. The van der Waals surface area contributed by atoms with Crippen molar-refractivity contribution in [3.05, 3.63) is 65.2 Å². The van der Waals surface area contributed by atoms with Crippen LogP contribution in [0.4, 0.5) is 5.69 Å². The number of aliphatic hydroxyl groups is 1. The van der Waals surface area contributed by atoms with E-state index in [9.17, 15) is 9.90 Å². The molecule has 6 rings (SSSR count). The van der Waals surface area contributed by atoms with Gasteiger partial charge in [0.15, 0.2) is 5.11 Å². The third kappa shape index (κ3) is 2.70. The maximum Gasteiger partial charge on any atom is 0.311 e. The van der Waals surface area contributed by atoms with Gasteiger partial charge in [-0.1, -0.05) is 41.9 Å². The number of carbonyl (C=O) groups excluding carboxylic acids is 1. The number of hydrogen-bond acceptors (Lipinski definition) is 4. The highest BCUT2D eigenvalue weighted by atomic mass is 35.5. The molecule has 0 amide bonds. The van der Waals surface area contributed by atoms with Crippen molar-refractivity contribution in [3.63, 3.8) is 0 Å². The Hall–Kier alpha value is -2.15. The second-order valence-corrected chi connectivity index (χ2v) is 8.34. The zero-order valence-corrected chi connectivity index (χ0v) is 16.5. The Bertz CT molecular complexity index is 923. The number of aliphatic hydroxyl groups excluding tert-OH is 1. The zero-order valence-electron chi connectivity index (χ0n) is 14.9. The van der Waals surface area contributed by atoms with E-state index in [2.05, 4.69) is 4.90 Å². The minimum absolute atomic E-state index is 0.160. The van der Waals surface area contributed by atoms with Crippen molar-refractivity contribution in [3.8, 4) is 0 Å². The van der Waals surface area contributed by atoms with Crippen LogP contribution in [0.15, 0.2) is 54.6 Å². The fourth-order valence-electron chi connectivity index (χ4n) is 4.72. The van der Waals surface area contributed by atoms with Crippen LogP contribution in [0, 0.1) is 5.92 Å². The van der Waals surface area contributed by atoms with Crippen LogP contribution in [0.2, 0.25) is 5.02 Å². The number of carbonyl (C=O) groups is 1. The van der Waals surface area contributed by atoms with Gasteiger partial charge in [0, 0.05) is 17.3 Å². The minimum atomic E-state index is -0.671. The molecule has 3 aliphatic heterocycles. The Morgan fingerprint density at radius 1 is 1.11 bits per heavy atom. The second kappa shape index (κ2) is 6.72. The standard InChI is InChI=1S/C21H19ClN2O3S/c22-13-6-8-14(9-7-13)24-17-15-10-16(25)19(27-20(15)26)18(17)23(21(24)28)11-12-4-2-1-3-5-12/h1-9,15-19,25H,10-11H2/t15-,16-,17-,18-,19+/m1/s1. The van der Waals surface area contributed by atoms with Gasteiger partial charge in [0.05, 0.1) is 24.1 Å². The maximum absolute atomic E-state index is 12.5. The largest absolute Gasteiger partial charge is 0.457 e. The van der Waals surface area contributed by atoms with Crippen LogP contribution in [0.5, 0.6) is 0 Å². The molecule has 3 saturated heterocycles. The van der Waals surface area contributed by atoms with E-state index in [0.29, 0.717) is 23.1 Å². The Morgan fingerprint density at radius 2 is 1.82 bits per heavy atom. The van der Waals surface area contributed by atoms with E-state index < -0.39 is 18.1 Å². The molecule has 5 nitrogen and oxygen atoms in total.